The lowest BCUT2D eigenvalue weighted by Crippen LogP contribution is -2.54. The van der Waals surface area contributed by atoms with E-state index in [2.05, 4.69) is 5.32 Å². The molecule has 126 valence electrons. The molecule has 7 heteroatoms. The number of carbonyl (C=O) groups is 2. The van der Waals surface area contributed by atoms with Crippen LogP contribution in [0.2, 0.25) is 10.0 Å². The number of anilines is 1. The number of thiocarbonyl (C=S) groups is 1. The minimum Gasteiger partial charge on any atom is -0.298 e. The molecule has 1 fully saturated rings. The summed E-state index contributed by atoms with van der Waals surface area (Å²) in [6, 6.07) is 12.1. The van der Waals surface area contributed by atoms with Gasteiger partial charge in [0.2, 0.25) is 0 Å². The van der Waals surface area contributed by atoms with Gasteiger partial charge in [-0.3, -0.25) is 19.8 Å². The lowest BCUT2D eigenvalue weighted by molar-refractivity contribution is -0.122. The summed E-state index contributed by atoms with van der Waals surface area (Å²) in [5.74, 6) is -1.08. The highest BCUT2D eigenvalue weighted by atomic mass is 35.5. The van der Waals surface area contributed by atoms with Crippen molar-refractivity contribution in [3.05, 3.63) is 69.2 Å². The molecule has 2 aromatic rings. The van der Waals surface area contributed by atoms with Crippen molar-refractivity contribution in [2.45, 2.75) is 6.92 Å². The van der Waals surface area contributed by atoms with Gasteiger partial charge in [-0.1, -0.05) is 47.0 Å². The van der Waals surface area contributed by atoms with E-state index in [0.29, 0.717) is 21.3 Å². The second-order valence-corrected chi connectivity index (χ2v) is 6.69. The van der Waals surface area contributed by atoms with Gasteiger partial charge in [-0.25, -0.2) is 0 Å². The number of hydrogen-bond donors (Lipinski definition) is 1. The molecule has 3 rings (SSSR count). The highest BCUT2D eigenvalue weighted by Gasteiger charge is 2.34. The maximum Gasteiger partial charge on any atom is 0.270 e. The molecule has 0 spiro atoms. The van der Waals surface area contributed by atoms with Crippen LogP contribution in [0.25, 0.3) is 6.08 Å². The van der Waals surface area contributed by atoms with Gasteiger partial charge in [-0.05, 0) is 55.0 Å². The Morgan fingerprint density at radius 1 is 1.08 bits per heavy atom. The first-order chi connectivity index (χ1) is 11.9. The molecule has 0 unspecified atom stereocenters. The third-order valence-electron chi connectivity index (χ3n) is 3.66. The summed E-state index contributed by atoms with van der Waals surface area (Å²) in [5, 5.41) is 3.38. The number of amides is 2. The van der Waals surface area contributed by atoms with Gasteiger partial charge in [0.15, 0.2) is 5.11 Å². The van der Waals surface area contributed by atoms with Crippen LogP contribution in [0.5, 0.6) is 0 Å². The molecular formula is C18H12Cl2N2O2S. The average molecular weight is 391 g/mol. The first-order valence-corrected chi connectivity index (χ1v) is 8.46. The predicted octanol–water partition coefficient (Wildman–Crippen LogP) is 4.13. The smallest absolute Gasteiger partial charge is 0.270 e. The van der Waals surface area contributed by atoms with Gasteiger partial charge in [-0.15, -0.1) is 0 Å². The molecule has 1 N–H and O–H groups in total. The van der Waals surface area contributed by atoms with Gasteiger partial charge < -0.3 is 0 Å². The fraction of sp³-hybridized carbons (Fsp3) is 0.0556. The molecule has 0 radical (unpaired) electrons. The molecule has 0 atom stereocenters. The topological polar surface area (TPSA) is 49.4 Å². The quantitative estimate of drug-likeness (QED) is 0.476. The van der Waals surface area contributed by atoms with Crippen LogP contribution in [0.4, 0.5) is 5.69 Å². The number of halogens is 2. The largest absolute Gasteiger partial charge is 0.298 e. The van der Waals surface area contributed by atoms with Crippen molar-refractivity contribution in [1.29, 1.82) is 0 Å². The molecule has 1 aliphatic rings. The zero-order chi connectivity index (χ0) is 18.1. The Morgan fingerprint density at radius 3 is 2.40 bits per heavy atom. The van der Waals surface area contributed by atoms with Gasteiger partial charge in [0, 0.05) is 10.0 Å². The molecule has 0 bridgehead atoms. The normalized spacial score (nSPS) is 16.4. The Balaban J connectivity index is 2.03. The summed E-state index contributed by atoms with van der Waals surface area (Å²) >= 11 is 17.2. The van der Waals surface area contributed by atoms with Crippen LogP contribution in [0.15, 0.2) is 48.0 Å². The van der Waals surface area contributed by atoms with Crippen LogP contribution in [0.3, 0.4) is 0 Å². The fourth-order valence-corrected chi connectivity index (χ4v) is 3.10. The van der Waals surface area contributed by atoms with Crippen LogP contribution in [0.1, 0.15) is 11.1 Å². The SMILES string of the molecule is Cc1ccc(N2C(=O)/C(=C/c3ccc(Cl)cc3Cl)C(=O)NC2=S)cc1. The molecule has 4 nitrogen and oxygen atoms in total. The van der Waals surface area contributed by atoms with Crippen molar-refractivity contribution in [1.82, 2.24) is 5.32 Å². The van der Waals surface area contributed by atoms with E-state index in [1.54, 1.807) is 30.3 Å². The number of nitrogens with one attached hydrogen (secondary N) is 1. The number of benzene rings is 2. The summed E-state index contributed by atoms with van der Waals surface area (Å²) in [6.45, 7) is 1.94. The van der Waals surface area contributed by atoms with Crippen molar-refractivity contribution in [2.75, 3.05) is 4.90 Å². The van der Waals surface area contributed by atoms with E-state index in [-0.39, 0.29) is 10.7 Å². The second kappa shape index (κ2) is 6.96. The van der Waals surface area contributed by atoms with Crippen molar-refractivity contribution in [3.8, 4) is 0 Å². The molecule has 1 aliphatic heterocycles. The minimum atomic E-state index is -0.565. The van der Waals surface area contributed by atoms with Crippen LogP contribution in [0, 0.1) is 6.92 Å². The Morgan fingerprint density at radius 2 is 1.76 bits per heavy atom. The van der Waals surface area contributed by atoms with Gasteiger partial charge in [-0.2, -0.15) is 0 Å². The van der Waals surface area contributed by atoms with Crippen molar-refractivity contribution >= 4 is 64.1 Å². The summed E-state index contributed by atoms with van der Waals surface area (Å²) in [6.07, 6.45) is 1.43. The first kappa shape index (κ1) is 17.6. The molecule has 2 amide bonds. The van der Waals surface area contributed by atoms with E-state index in [0.717, 1.165) is 5.56 Å². The molecule has 2 aromatic carbocycles. The zero-order valence-corrected chi connectivity index (χ0v) is 15.4. The summed E-state index contributed by atoms with van der Waals surface area (Å²) in [5.41, 5.74) is 2.08. The van der Waals surface area contributed by atoms with Gasteiger partial charge in [0.25, 0.3) is 11.8 Å². The molecular weight excluding hydrogens is 379 g/mol. The molecule has 1 heterocycles. The maximum absolute atomic E-state index is 12.9. The monoisotopic (exact) mass is 390 g/mol. The van der Waals surface area contributed by atoms with Crippen LogP contribution >= 0.6 is 35.4 Å². The molecule has 0 saturated carbocycles. The zero-order valence-electron chi connectivity index (χ0n) is 13.0. The number of carbonyl (C=O) groups excluding carboxylic acids is 2. The summed E-state index contributed by atoms with van der Waals surface area (Å²) in [4.78, 5) is 26.4. The Kier molecular flexibility index (Phi) is 4.90. The van der Waals surface area contributed by atoms with Crippen LogP contribution in [-0.2, 0) is 9.59 Å². The average Bonchev–Trinajstić information content (AvgIpc) is 2.55. The Bertz CT molecular complexity index is 923. The van der Waals surface area contributed by atoms with Crippen LogP contribution < -0.4 is 10.2 Å². The van der Waals surface area contributed by atoms with E-state index in [9.17, 15) is 9.59 Å². The predicted molar refractivity (Wildman–Crippen MR) is 104 cm³/mol. The Hall–Kier alpha value is -2.21. The fourth-order valence-electron chi connectivity index (χ4n) is 2.36. The summed E-state index contributed by atoms with van der Waals surface area (Å²) in [7, 11) is 0. The van der Waals surface area contributed by atoms with E-state index in [4.69, 9.17) is 35.4 Å². The van der Waals surface area contributed by atoms with Gasteiger partial charge in [0.1, 0.15) is 5.57 Å². The minimum absolute atomic E-state index is 0.0400. The van der Waals surface area contributed by atoms with Crippen LogP contribution in [-0.4, -0.2) is 16.9 Å². The summed E-state index contributed by atoms with van der Waals surface area (Å²) < 4.78 is 0. The van der Waals surface area contributed by atoms with Crippen molar-refractivity contribution in [3.63, 3.8) is 0 Å². The molecule has 0 aliphatic carbocycles. The molecule has 1 saturated heterocycles. The van der Waals surface area contributed by atoms with Gasteiger partial charge >= 0.3 is 0 Å². The van der Waals surface area contributed by atoms with E-state index in [1.807, 2.05) is 19.1 Å². The van der Waals surface area contributed by atoms with Crippen molar-refractivity contribution in [2.24, 2.45) is 0 Å². The highest BCUT2D eigenvalue weighted by molar-refractivity contribution is 7.80. The first-order valence-electron chi connectivity index (χ1n) is 7.30. The maximum atomic E-state index is 12.9. The lowest BCUT2D eigenvalue weighted by Gasteiger charge is -2.29. The standard InChI is InChI=1S/C18H12Cl2N2O2S/c1-10-2-6-13(7-3-10)22-17(24)14(16(23)21-18(22)25)8-11-4-5-12(19)9-15(11)20/h2-9H,1H3,(H,21,23,25)/b14-8+. The number of rotatable bonds is 2. The second-order valence-electron chi connectivity index (χ2n) is 5.46. The highest BCUT2D eigenvalue weighted by Crippen LogP contribution is 2.26. The number of aryl methyl sites for hydroxylation is 1. The Labute approximate surface area is 160 Å². The van der Waals surface area contributed by atoms with E-state index in [1.165, 1.54) is 11.0 Å². The van der Waals surface area contributed by atoms with E-state index >= 15 is 0 Å². The van der Waals surface area contributed by atoms with Gasteiger partial charge in [0.05, 0.1) is 5.69 Å². The third-order valence-corrected chi connectivity index (χ3v) is 4.50. The third kappa shape index (κ3) is 3.58. The number of hydrogen-bond acceptors (Lipinski definition) is 3. The van der Waals surface area contributed by atoms with E-state index < -0.39 is 11.8 Å². The molecule has 0 aromatic heterocycles. The van der Waals surface area contributed by atoms with Crippen molar-refractivity contribution < 1.29 is 9.59 Å². The molecule has 25 heavy (non-hydrogen) atoms. The lowest BCUT2D eigenvalue weighted by atomic mass is 10.1. The number of nitrogens with zero attached hydrogens (tertiary/aromatic N) is 1.